The molecule has 1 heterocycles. The minimum atomic E-state index is -3.76. The van der Waals surface area contributed by atoms with Crippen LogP contribution in [0.4, 0.5) is 0 Å². The molecule has 18 heavy (non-hydrogen) atoms. The molecule has 0 saturated carbocycles. The van der Waals surface area contributed by atoms with Crippen molar-refractivity contribution in [3.05, 3.63) is 17.0 Å². The molecule has 0 amide bonds. The zero-order valence-electron chi connectivity index (χ0n) is 9.80. The Bertz CT molecular complexity index is 596. The van der Waals surface area contributed by atoms with Gasteiger partial charge in [-0.3, -0.25) is 4.79 Å². The highest BCUT2D eigenvalue weighted by molar-refractivity contribution is 7.91. The molecular formula is C10H12N2O4S2. The number of carboxylic acids is 1. The molecule has 0 fully saturated rings. The van der Waals surface area contributed by atoms with Crippen molar-refractivity contribution < 1.29 is 18.3 Å². The Morgan fingerprint density at radius 1 is 1.56 bits per heavy atom. The van der Waals surface area contributed by atoms with E-state index >= 15 is 0 Å². The Morgan fingerprint density at radius 3 is 2.61 bits per heavy atom. The highest BCUT2D eigenvalue weighted by Gasteiger charge is 2.29. The third-order valence-electron chi connectivity index (χ3n) is 2.24. The maximum absolute atomic E-state index is 11.8. The van der Waals surface area contributed by atoms with E-state index in [-0.39, 0.29) is 15.6 Å². The van der Waals surface area contributed by atoms with E-state index in [1.807, 2.05) is 6.07 Å². The highest BCUT2D eigenvalue weighted by atomic mass is 32.2. The van der Waals surface area contributed by atoms with Crippen molar-refractivity contribution in [2.45, 2.75) is 18.1 Å². The summed E-state index contributed by atoms with van der Waals surface area (Å²) in [5.74, 6) is -1.09. The first-order valence-electron chi connectivity index (χ1n) is 4.92. The van der Waals surface area contributed by atoms with E-state index in [4.69, 9.17) is 10.4 Å². The van der Waals surface area contributed by atoms with Crippen LogP contribution in [0.25, 0.3) is 0 Å². The van der Waals surface area contributed by atoms with E-state index < -0.39 is 21.4 Å². The molecule has 0 aliphatic carbocycles. The number of nitrogens with zero attached hydrogens (tertiary/aromatic N) is 1. The maximum atomic E-state index is 11.8. The van der Waals surface area contributed by atoms with E-state index in [0.717, 1.165) is 11.3 Å². The predicted molar refractivity (Wildman–Crippen MR) is 65.6 cm³/mol. The third kappa shape index (κ3) is 3.29. The summed E-state index contributed by atoms with van der Waals surface area (Å²) in [7, 11) is -3.76. The van der Waals surface area contributed by atoms with Gasteiger partial charge in [-0.15, -0.1) is 11.3 Å². The van der Waals surface area contributed by atoms with E-state index in [1.54, 1.807) is 0 Å². The number of carbonyl (C=O) groups is 1. The Labute approximate surface area is 109 Å². The van der Waals surface area contributed by atoms with Crippen LogP contribution in [0.3, 0.4) is 0 Å². The van der Waals surface area contributed by atoms with Crippen molar-refractivity contribution in [3.63, 3.8) is 0 Å². The molecule has 0 unspecified atom stereocenters. The number of nitriles is 1. The Hall–Kier alpha value is -1.43. The first-order chi connectivity index (χ1) is 8.19. The van der Waals surface area contributed by atoms with Gasteiger partial charge in [-0.05, 0) is 26.0 Å². The van der Waals surface area contributed by atoms with Crippen LogP contribution in [0.1, 0.15) is 18.7 Å². The van der Waals surface area contributed by atoms with E-state index in [2.05, 4.69) is 4.72 Å². The van der Waals surface area contributed by atoms with Crippen LogP contribution in [0.5, 0.6) is 0 Å². The van der Waals surface area contributed by atoms with E-state index in [1.165, 1.54) is 26.0 Å². The number of hydrogen-bond acceptors (Lipinski definition) is 5. The van der Waals surface area contributed by atoms with Crippen molar-refractivity contribution in [1.29, 1.82) is 5.26 Å². The van der Waals surface area contributed by atoms with Gasteiger partial charge < -0.3 is 5.11 Å². The Kier molecular flexibility index (Phi) is 4.11. The molecule has 0 aliphatic rings. The standard InChI is InChI=1S/C10H12N2O4S2/c1-10(2,9(13)14)6-12-18(15,16)8-4-3-7(5-11)17-8/h3-4,12H,6H2,1-2H3,(H,13,14). The van der Waals surface area contributed by atoms with E-state index in [0.29, 0.717) is 0 Å². The van der Waals surface area contributed by atoms with Crippen LogP contribution >= 0.6 is 11.3 Å². The zero-order chi connectivity index (χ0) is 14.0. The summed E-state index contributed by atoms with van der Waals surface area (Å²) in [6, 6.07) is 4.57. The average Bonchev–Trinajstić information content (AvgIpc) is 2.75. The SMILES string of the molecule is CC(C)(CNS(=O)(=O)c1ccc(C#N)s1)C(=O)O. The number of aliphatic carboxylic acids is 1. The van der Waals surface area contributed by atoms with Gasteiger partial charge in [-0.2, -0.15) is 5.26 Å². The predicted octanol–water partition coefficient (Wildman–Crippen LogP) is 1.01. The van der Waals surface area contributed by atoms with Gasteiger partial charge in [-0.1, -0.05) is 0 Å². The monoisotopic (exact) mass is 288 g/mol. The van der Waals surface area contributed by atoms with Crippen LogP contribution in [0.2, 0.25) is 0 Å². The first kappa shape index (κ1) is 14.6. The third-order valence-corrected chi connectivity index (χ3v) is 5.12. The Morgan fingerprint density at radius 2 is 2.17 bits per heavy atom. The fraction of sp³-hybridized carbons (Fsp3) is 0.400. The number of thiophene rings is 1. The van der Waals surface area contributed by atoms with Crippen LogP contribution in [-0.2, 0) is 14.8 Å². The number of hydrogen-bond donors (Lipinski definition) is 2. The van der Waals surface area contributed by atoms with Gasteiger partial charge in [0.1, 0.15) is 15.2 Å². The number of nitrogens with one attached hydrogen (secondary N) is 1. The summed E-state index contributed by atoms with van der Waals surface area (Å²) in [6.07, 6.45) is 0. The van der Waals surface area contributed by atoms with Crippen molar-refractivity contribution in [2.75, 3.05) is 6.54 Å². The van der Waals surface area contributed by atoms with Crippen LogP contribution in [0.15, 0.2) is 16.3 Å². The van der Waals surface area contributed by atoms with Gasteiger partial charge in [-0.25, -0.2) is 13.1 Å². The minimum Gasteiger partial charge on any atom is -0.481 e. The van der Waals surface area contributed by atoms with Gasteiger partial charge in [0.05, 0.1) is 5.41 Å². The lowest BCUT2D eigenvalue weighted by molar-refractivity contribution is -0.146. The van der Waals surface area contributed by atoms with E-state index in [9.17, 15) is 13.2 Å². The molecule has 0 aromatic carbocycles. The van der Waals surface area contributed by atoms with Gasteiger partial charge in [0.2, 0.25) is 10.0 Å². The first-order valence-corrected chi connectivity index (χ1v) is 7.22. The van der Waals surface area contributed by atoms with Gasteiger partial charge in [0, 0.05) is 6.54 Å². The van der Waals surface area contributed by atoms with Crippen LogP contribution in [-0.4, -0.2) is 26.0 Å². The fourth-order valence-electron chi connectivity index (χ4n) is 0.947. The molecular weight excluding hydrogens is 276 g/mol. The fourth-order valence-corrected chi connectivity index (χ4v) is 3.31. The lowest BCUT2D eigenvalue weighted by atomic mass is 9.95. The van der Waals surface area contributed by atoms with Crippen LogP contribution in [0, 0.1) is 16.7 Å². The lowest BCUT2D eigenvalue weighted by Gasteiger charge is -2.18. The number of carboxylic acid groups (broad SMARTS) is 1. The van der Waals surface area contributed by atoms with Gasteiger partial charge in [0.25, 0.3) is 0 Å². The molecule has 1 aromatic heterocycles. The van der Waals surface area contributed by atoms with Crippen molar-refractivity contribution in [3.8, 4) is 6.07 Å². The summed E-state index contributed by atoms with van der Waals surface area (Å²) in [5.41, 5.74) is -1.19. The Balaban J connectivity index is 2.84. The van der Waals surface area contributed by atoms with Crippen molar-refractivity contribution in [1.82, 2.24) is 4.72 Å². The molecule has 0 radical (unpaired) electrons. The molecule has 8 heteroatoms. The quantitative estimate of drug-likeness (QED) is 0.840. The number of rotatable bonds is 5. The topological polar surface area (TPSA) is 107 Å². The molecule has 1 aromatic rings. The highest BCUT2D eigenvalue weighted by Crippen LogP contribution is 2.22. The zero-order valence-corrected chi connectivity index (χ0v) is 11.4. The lowest BCUT2D eigenvalue weighted by Crippen LogP contribution is -2.38. The molecule has 0 bridgehead atoms. The molecule has 0 aliphatic heterocycles. The second kappa shape index (κ2) is 5.06. The van der Waals surface area contributed by atoms with Crippen LogP contribution < -0.4 is 4.72 Å². The molecule has 0 atom stereocenters. The average molecular weight is 288 g/mol. The molecule has 98 valence electrons. The maximum Gasteiger partial charge on any atom is 0.310 e. The normalized spacial score (nSPS) is 12.1. The second-order valence-corrected chi connectivity index (χ2v) is 7.32. The molecule has 1 rings (SSSR count). The van der Waals surface area contributed by atoms with Crippen molar-refractivity contribution in [2.24, 2.45) is 5.41 Å². The molecule has 0 spiro atoms. The molecule has 2 N–H and O–H groups in total. The summed E-state index contributed by atoms with van der Waals surface area (Å²) in [5, 5.41) is 17.5. The summed E-state index contributed by atoms with van der Waals surface area (Å²) >= 11 is 0.840. The molecule has 0 saturated heterocycles. The largest absolute Gasteiger partial charge is 0.481 e. The smallest absolute Gasteiger partial charge is 0.310 e. The summed E-state index contributed by atoms with van der Waals surface area (Å²) in [4.78, 5) is 11.1. The van der Waals surface area contributed by atoms with Gasteiger partial charge >= 0.3 is 5.97 Å². The van der Waals surface area contributed by atoms with Gasteiger partial charge in [0.15, 0.2) is 0 Å². The summed E-state index contributed by atoms with van der Waals surface area (Å²) in [6.45, 7) is 2.63. The second-order valence-electron chi connectivity index (χ2n) is 4.24. The van der Waals surface area contributed by atoms with Crippen molar-refractivity contribution >= 4 is 27.3 Å². The summed E-state index contributed by atoms with van der Waals surface area (Å²) < 4.78 is 25.9. The molecule has 6 nitrogen and oxygen atoms in total. The minimum absolute atomic E-state index is 0.000221. The number of sulfonamides is 1.